The fourth-order valence-corrected chi connectivity index (χ4v) is 2.36. The highest BCUT2D eigenvalue weighted by molar-refractivity contribution is 5.66. The van der Waals surface area contributed by atoms with Crippen molar-refractivity contribution in [3.05, 3.63) is 45.3 Å². The Hall–Kier alpha value is -1.94. The lowest BCUT2D eigenvalue weighted by molar-refractivity contribution is -0.137. The van der Waals surface area contributed by atoms with Crippen molar-refractivity contribution in [3.8, 4) is 0 Å². The molecular weight excluding hydrogens is 267 g/mol. The summed E-state index contributed by atoms with van der Waals surface area (Å²) in [6.45, 7) is 0. The van der Waals surface area contributed by atoms with Gasteiger partial charge in [-0.3, -0.25) is 0 Å². The van der Waals surface area contributed by atoms with Crippen molar-refractivity contribution in [2.45, 2.75) is 38.3 Å². The molecule has 1 aliphatic rings. The molecular formula is C14H14F3N3. The summed E-state index contributed by atoms with van der Waals surface area (Å²) >= 11 is 0. The van der Waals surface area contributed by atoms with E-state index in [1.165, 1.54) is 6.07 Å². The monoisotopic (exact) mass is 281 g/mol. The van der Waals surface area contributed by atoms with Gasteiger partial charge < -0.3 is 0 Å². The predicted octanol–water partition coefficient (Wildman–Crippen LogP) is 5.99. The third kappa shape index (κ3) is 3.54. The van der Waals surface area contributed by atoms with Crippen LogP contribution < -0.4 is 0 Å². The quantitative estimate of drug-likeness (QED) is 0.363. The Morgan fingerprint density at radius 2 is 1.85 bits per heavy atom. The second-order valence-electron chi connectivity index (χ2n) is 4.82. The van der Waals surface area contributed by atoms with E-state index in [0.29, 0.717) is 5.56 Å². The summed E-state index contributed by atoms with van der Waals surface area (Å²) < 4.78 is 38.2. The average molecular weight is 281 g/mol. The minimum absolute atomic E-state index is 0.235. The fraction of sp³-hybridized carbons (Fsp3) is 0.429. The van der Waals surface area contributed by atoms with Gasteiger partial charge in [0.1, 0.15) is 0 Å². The van der Waals surface area contributed by atoms with Crippen molar-refractivity contribution in [2.24, 2.45) is 5.11 Å². The molecule has 0 aromatic heterocycles. The largest absolute Gasteiger partial charge is 0.416 e. The Morgan fingerprint density at radius 1 is 1.15 bits per heavy atom. The third-order valence-electron chi connectivity index (χ3n) is 3.36. The molecule has 2 rings (SSSR count). The Balaban J connectivity index is 2.43. The molecule has 1 fully saturated rings. The van der Waals surface area contributed by atoms with Gasteiger partial charge in [0, 0.05) is 10.6 Å². The summed E-state index contributed by atoms with van der Waals surface area (Å²) in [6, 6.07) is 3.20. The minimum Gasteiger partial charge on any atom is -0.166 e. The van der Waals surface area contributed by atoms with Gasteiger partial charge in [0.05, 0.1) is 5.56 Å². The molecule has 0 radical (unpaired) electrons. The van der Waals surface area contributed by atoms with Gasteiger partial charge in [0.15, 0.2) is 0 Å². The zero-order valence-electron chi connectivity index (χ0n) is 10.8. The van der Waals surface area contributed by atoms with Gasteiger partial charge >= 0.3 is 6.18 Å². The van der Waals surface area contributed by atoms with Gasteiger partial charge in [-0.1, -0.05) is 29.3 Å². The number of hydrogen-bond acceptors (Lipinski definition) is 1. The molecule has 0 spiro atoms. The number of alkyl halides is 3. The van der Waals surface area contributed by atoms with Crippen LogP contribution in [-0.4, -0.2) is 0 Å². The van der Waals surface area contributed by atoms with E-state index < -0.39 is 11.7 Å². The molecule has 0 N–H and O–H groups in total. The van der Waals surface area contributed by atoms with Crippen molar-refractivity contribution in [3.63, 3.8) is 0 Å². The van der Waals surface area contributed by atoms with Crippen molar-refractivity contribution >= 4 is 11.8 Å². The summed E-state index contributed by atoms with van der Waals surface area (Å²) in [5.41, 5.74) is 9.46. The molecule has 1 aliphatic carbocycles. The van der Waals surface area contributed by atoms with E-state index in [0.717, 1.165) is 49.8 Å². The molecule has 20 heavy (non-hydrogen) atoms. The molecule has 1 aromatic carbocycles. The van der Waals surface area contributed by atoms with Crippen molar-refractivity contribution < 1.29 is 13.2 Å². The Bertz CT molecular complexity index is 562. The molecule has 0 amide bonds. The topological polar surface area (TPSA) is 48.8 Å². The van der Waals surface area contributed by atoms with Crippen LogP contribution in [0.2, 0.25) is 0 Å². The Morgan fingerprint density at radius 3 is 2.45 bits per heavy atom. The first-order valence-electron chi connectivity index (χ1n) is 6.46. The van der Waals surface area contributed by atoms with E-state index in [9.17, 15) is 13.2 Å². The minimum atomic E-state index is -4.39. The standard InChI is InChI=1S/C14H14F3N3/c15-14(16,17)12-6-7-13(19-20-18)11(9-12)8-10-4-2-1-3-5-10/h6-9H,1-5H2. The average Bonchev–Trinajstić information content (AvgIpc) is 2.41. The predicted molar refractivity (Wildman–Crippen MR) is 71.3 cm³/mol. The van der Waals surface area contributed by atoms with Crippen LogP contribution in [0.15, 0.2) is 28.9 Å². The first-order valence-corrected chi connectivity index (χ1v) is 6.46. The van der Waals surface area contributed by atoms with Crippen LogP contribution in [0.3, 0.4) is 0 Å². The third-order valence-corrected chi connectivity index (χ3v) is 3.36. The maximum atomic E-state index is 12.7. The smallest absolute Gasteiger partial charge is 0.166 e. The van der Waals surface area contributed by atoms with Crippen LogP contribution >= 0.6 is 0 Å². The number of rotatable bonds is 2. The van der Waals surface area contributed by atoms with Crippen LogP contribution in [0, 0.1) is 0 Å². The van der Waals surface area contributed by atoms with Gasteiger partial charge in [-0.2, -0.15) is 13.2 Å². The van der Waals surface area contributed by atoms with E-state index in [4.69, 9.17) is 5.53 Å². The molecule has 0 heterocycles. The van der Waals surface area contributed by atoms with Crippen LogP contribution in [0.1, 0.15) is 43.2 Å². The van der Waals surface area contributed by atoms with Crippen molar-refractivity contribution in [1.82, 2.24) is 0 Å². The number of benzene rings is 1. The van der Waals surface area contributed by atoms with Gasteiger partial charge in [0.2, 0.25) is 0 Å². The summed E-state index contributed by atoms with van der Waals surface area (Å²) in [7, 11) is 0. The number of halogens is 3. The van der Waals surface area contributed by atoms with E-state index in [2.05, 4.69) is 10.0 Å². The van der Waals surface area contributed by atoms with Crippen molar-refractivity contribution in [1.29, 1.82) is 0 Å². The first kappa shape index (κ1) is 14.5. The maximum absolute atomic E-state index is 12.7. The van der Waals surface area contributed by atoms with Crippen LogP contribution in [0.25, 0.3) is 16.5 Å². The Kier molecular flexibility index (Phi) is 4.35. The SMILES string of the molecule is [N-]=[N+]=Nc1ccc(C(F)(F)F)cc1C=C1CCCCC1. The van der Waals surface area contributed by atoms with Gasteiger partial charge in [0.25, 0.3) is 0 Å². The highest BCUT2D eigenvalue weighted by atomic mass is 19.4. The lowest BCUT2D eigenvalue weighted by Gasteiger charge is -2.15. The van der Waals surface area contributed by atoms with Gasteiger partial charge in [-0.25, -0.2) is 0 Å². The molecule has 0 aliphatic heterocycles. The molecule has 0 unspecified atom stereocenters. The zero-order valence-corrected chi connectivity index (χ0v) is 10.8. The van der Waals surface area contributed by atoms with Crippen LogP contribution in [0.4, 0.5) is 18.9 Å². The Labute approximate surface area is 114 Å². The van der Waals surface area contributed by atoms with E-state index in [1.54, 1.807) is 6.08 Å². The van der Waals surface area contributed by atoms with E-state index >= 15 is 0 Å². The summed E-state index contributed by atoms with van der Waals surface area (Å²) in [5.74, 6) is 0. The highest BCUT2D eigenvalue weighted by Crippen LogP contribution is 2.35. The first-order chi connectivity index (χ1) is 9.50. The molecule has 0 bridgehead atoms. The normalized spacial score (nSPS) is 15.7. The number of hydrogen-bond donors (Lipinski definition) is 0. The van der Waals surface area contributed by atoms with Gasteiger partial charge in [-0.05, 0) is 48.9 Å². The fourth-order valence-electron chi connectivity index (χ4n) is 2.36. The molecule has 106 valence electrons. The molecule has 0 saturated heterocycles. The van der Waals surface area contributed by atoms with Crippen molar-refractivity contribution in [2.75, 3.05) is 0 Å². The van der Waals surface area contributed by atoms with E-state index in [-0.39, 0.29) is 5.69 Å². The molecule has 3 nitrogen and oxygen atoms in total. The molecule has 1 saturated carbocycles. The second kappa shape index (κ2) is 6.01. The number of nitrogens with zero attached hydrogens (tertiary/aromatic N) is 3. The summed E-state index contributed by atoms with van der Waals surface area (Å²) in [6.07, 6.45) is 2.40. The van der Waals surface area contributed by atoms with Crippen LogP contribution in [0.5, 0.6) is 0 Å². The second-order valence-corrected chi connectivity index (χ2v) is 4.82. The molecule has 6 heteroatoms. The zero-order chi connectivity index (χ0) is 14.6. The lowest BCUT2D eigenvalue weighted by Crippen LogP contribution is -2.04. The summed E-state index contributed by atoms with van der Waals surface area (Å²) in [4.78, 5) is 2.67. The molecule has 1 aromatic rings. The maximum Gasteiger partial charge on any atom is 0.416 e. The number of azide groups is 1. The highest BCUT2D eigenvalue weighted by Gasteiger charge is 2.30. The van der Waals surface area contributed by atoms with Crippen LogP contribution in [-0.2, 0) is 6.18 Å². The number of allylic oxidation sites excluding steroid dienone is 1. The lowest BCUT2D eigenvalue weighted by atomic mass is 9.93. The van der Waals surface area contributed by atoms with E-state index in [1.807, 2.05) is 0 Å². The van der Waals surface area contributed by atoms with Gasteiger partial charge in [-0.15, -0.1) is 0 Å². The summed E-state index contributed by atoms with van der Waals surface area (Å²) in [5, 5.41) is 3.46. The molecule has 0 atom stereocenters.